The number of rotatable bonds is 3. The van der Waals surface area contributed by atoms with Crippen LogP contribution in [0.2, 0.25) is 0 Å². The maximum atomic E-state index is 4.57. The number of aromatic amines is 1. The van der Waals surface area contributed by atoms with Crippen molar-refractivity contribution in [2.45, 2.75) is 12.8 Å². The Bertz CT molecular complexity index is 661. The van der Waals surface area contributed by atoms with Gasteiger partial charge in [-0.25, -0.2) is 4.98 Å². The minimum absolute atomic E-state index is 0.901. The van der Waals surface area contributed by atoms with Crippen LogP contribution in [-0.4, -0.2) is 15.0 Å². The summed E-state index contributed by atoms with van der Waals surface area (Å²) in [6, 6.07) is 10.1. The highest BCUT2D eigenvalue weighted by Gasteiger charge is 2.03. The molecule has 0 saturated carbocycles. The number of aromatic nitrogens is 3. The van der Waals surface area contributed by atoms with E-state index in [0.717, 1.165) is 34.2 Å². The number of imidazole rings is 1. The zero-order valence-corrected chi connectivity index (χ0v) is 11.3. The third kappa shape index (κ3) is 2.43. The minimum Gasteiger partial charge on any atom is -0.342 e. The lowest BCUT2D eigenvalue weighted by Gasteiger charge is -1.97. The first-order chi connectivity index (χ1) is 8.81. The lowest BCUT2D eigenvalue weighted by molar-refractivity contribution is 0.884. The number of hydrogen-bond donors (Lipinski definition) is 1. The molecule has 0 fully saturated rings. The van der Waals surface area contributed by atoms with Crippen molar-refractivity contribution in [2.24, 2.45) is 0 Å². The third-order valence-corrected chi connectivity index (χ3v) is 3.36. The number of fused-ring (bicyclic) bond motifs is 1. The van der Waals surface area contributed by atoms with Crippen molar-refractivity contribution < 1.29 is 0 Å². The molecule has 0 radical (unpaired) electrons. The van der Waals surface area contributed by atoms with Gasteiger partial charge in [-0.15, -0.1) is 0 Å². The van der Waals surface area contributed by atoms with E-state index in [4.69, 9.17) is 0 Å². The molecular formula is C14H12BrN3. The summed E-state index contributed by atoms with van der Waals surface area (Å²) in [6.07, 6.45) is 5.55. The second-order valence-electron chi connectivity index (χ2n) is 4.21. The molecule has 18 heavy (non-hydrogen) atoms. The minimum atomic E-state index is 0.901. The normalized spacial score (nSPS) is 10.9. The van der Waals surface area contributed by atoms with Gasteiger partial charge in [-0.1, -0.05) is 22.0 Å². The topological polar surface area (TPSA) is 41.6 Å². The van der Waals surface area contributed by atoms with E-state index >= 15 is 0 Å². The van der Waals surface area contributed by atoms with Crippen molar-refractivity contribution in [3.8, 4) is 0 Å². The van der Waals surface area contributed by atoms with E-state index < -0.39 is 0 Å². The molecule has 0 atom stereocenters. The predicted octanol–water partition coefficient (Wildman–Crippen LogP) is 3.51. The van der Waals surface area contributed by atoms with Crippen LogP contribution in [0.3, 0.4) is 0 Å². The average Bonchev–Trinajstić information content (AvgIpc) is 2.79. The fourth-order valence-electron chi connectivity index (χ4n) is 1.96. The van der Waals surface area contributed by atoms with Gasteiger partial charge in [0.1, 0.15) is 5.82 Å². The van der Waals surface area contributed by atoms with Crippen molar-refractivity contribution in [1.29, 1.82) is 0 Å². The molecule has 90 valence electrons. The summed E-state index contributed by atoms with van der Waals surface area (Å²) < 4.78 is 1.07. The lowest BCUT2D eigenvalue weighted by atomic mass is 10.1. The molecule has 0 aliphatic heterocycles. The van der Waals surface area contributed by atoms with Crippen LogP contribution in [0, 0.1) is 0 Å². The zero-order valence-electron chi connectivity index (χ0n) is 9.73. The van der Waals surface area contributed by atoms with E-state index in [-0.39, 0.29) is 0 Å². The van der Waals surface area contributed by atoms with Gasteiger partial charge in [0.05, 0.1) is 11.0 Å². The Balaban J connectivity index is 1.79. The predicted molar refractivity (Wildman–Crippen MR) is 75.4 cm³/mol. The van der Waals surface area contributed by atoms with E-state index in [2.05, 4.69) is 43.0 Å². The summed E-state index contributed by atoms with van der Waals surface area (Å²) >= 11 is 3.46. The second-order valence-corrected chi connectivity index (χ2v) is 5.12. The highest BCUT2D eigenvalue weighted by Crippen LogP contribution is 2.18. The maximum absolute atomic E-state index is 4.57. The van der Waals surface area contributed by atoms with E-state index in [1.165, 1.54) is 5.56 Å². The fraction of sp³-hybridized carbons (Fsp3) is 0.143. The molecule has 0 aliphatic carbocycles. The van der Waals surface area contributed by atoms with Gasteiger partial charge in [-0.2, -0.15) is 0 Å². The summed E-state index contributed by atoms with van der Waals surface area (Å²) in [7, 11) is 0. The first-order valence-electron chi connectivity index (χ1n) is 5.84. The molecule has 3 nitrogen and oxygen atoms in total. The lowest BCUT2D eigenvalue weighted by Crippen LogP contribution is -1.93. The Morgan fingerprint density at radius 2 is 2.11 bits per heavy atom. The largest absolute Gasteiger partial charge is 0.342 e. The van der Waals surface area contributed by atoms with Crippen LogP contribution in [0.5, 0.6) is 0 Å². The van der Waals surface area contributed by atoms with Crippen LogP contribution >= 0.6 is 15.9 Å². The summed E-state index contributed by atoms with van der Waals surface area (Å²) in [4.78, 5) is 12.0. The Hall–Kier alpha value is -1.68. The van der Waals surface area contributed by atoms with E-state index in [9.17, 15) is 0 Å². The van der Waals surface area contributed by atoms with E-state index in [1.54, 1.807) is 6.20 Å². The smallest absolute Gasteiger partial charge is 0.107 e. The first-order valence-corrected chi connectivity index (χ1v) is 6.63. The van der Waals surface area contributed by atoms with Crippen LogP contribution < -0.4 is 0 Å². The molecule has 0 saturated heterocycles. The number of hydrogen-bond acceptors (Lipinski definition) is 2. The van der Waals surface area contributed by atoms with Gasteiger partial charge in [-0.05, 0) is 36.2 Å². The molecule has 0 aliphatic rings. The van der Waals surface area contributed by atoms with Gasteiger partial charge in [0, 0.05) is 23.3 Å². The molecular weight excluding hydrogens is 290 g/mol. The van der Waals surface area contributed by atoms with E-state index in [0.29, 0.717) is 0 Å². The van der Waals surface area contributed by atoms with Gasteiger partial charge in [0.2, 0.25) is 0 Å². The van der Waals surface area contributed by atoms with Crippen LogP contribution in [0.15, 0.2) is 47.2 Å². The molecule has 4 heteroatoms. The van der Waals surface area contributed by atoms with Gasteiger partial charge < -0.3 is 4.98 Å². The Morgan fingerprint density at radius 1 is 1.17 bits per heavy atom. The molecule has 1 N–H and O–H groups in total. The van der Waals surface area contributed by atoms with Crippen molar-refractivity contribution in [2.75, 3.05) is 0 Å². The average molecular weight is 302 g/mol. The van der Waals surface area contributed by atoms with Crippen LogP contribution in [-0.2, 0) is 12.8 Å². The number of aryl methyl sites for hydroxylation is 2. The second kappa shape index (κ2) is 4.90. The highest BCUT2D eigenvalue weighted by atomic mass is 79.9. The number of nitrogens with one attached hydrogen (secondary N) is 1. The summed E-state index contributed by atoms with van der Waals surface area (Å²) in [5.74, 6) is 1.02. The zero-order chi connectivity index (χ0) is 12.4. The van der Waals surface area contributed by atoms with Crippen molar-refractivity contribution >= 4 is 27.0 Å². The number of pyridine rings is 1. The van der Waals surface area contributed by atoms with Gasteiger partial charge in [0.25, 0.3) is 0 Å². The molecule has 2 heterocycles. The van der Waals surface area contributed by atoms with Crippen molar-refractivity contribution in [3.05, 3.63) is 58.6 Å². The fourth-order valence-corrected chi connectivity index (χ4v) is 2.32. The van der Waals surface area contributed by atoms with Crippen molar-refractivity contribution in [3.63, 3.8) is 0 Å². The number of nitrogens with zero attached hydrogens (tertiary/aromatic N) is 2. The molecule has 2 aromatic heterocycles. The molecule has 0 spiro atoms. The molecule has 0 unspecified atom stereocenters. The van der Waals surface area contributed by atoms with Gasteiger partial charge in [0.15, 0.2) is 0 Å². The van der Waals surface area contributed by atoms with Gasteiger partial charge in [-0.3, -0.25) is 4.98 Å². The Labute approximate surface area is 113 Å². The van der Waals surface area contributed by atoms with Crippen LogP contribution in [0.4, 0.5) is 0 Å². The Kier molecular flexibility index (Phi) is 3.11. The highest BCUT2D eigenvalue weighted by molar-refractivity contribution is 9.10. The molecule has 3 rings (SSSR count). The number of H-pyrrole nitrogens is 1. The first kappa shape index (κ1) is 11.4. The summed E-state index contributed by atoms with van der Waals surface area (Å²) in [6.45, 7) is 0. The molecule has 1 aromatic carbocycles. The maximum Gasteiger partial charge on any atom is 0.107 e. The SMILES string of the molecule is Brc1ccc2nc(CCc3cccnc3)[nH]c2c1. The summed E-state index contributed by atoms with van der Waals surface area (Å²) in [5.41, 5.74) is 3.32. The summed E-state index contributed by atoms with van der Waals surface area (Å²) in [5, 5.41) is 0. The quantitative estimate of drug-likeness (QED) is 0.804. The van der Waals surface area contributed by atoms with Crippen LogP contribution in [0.1, 0.15) is 11.4 Å². The number of halogens is 1. The van der Waals surface area contributed by atoms with Gasteiger partial charge >= 0.3 is 0 Å². The third-order valence-electron chi connectivity index (χ3n) is 2.87. The Morgan fingerprint density at radius 3 is 2.94 bits per heavy atom. The van der Waals surface area contributed by atoms with E-state index in [1.807, 2.05) is 24.4 Å². The molecule has 0 bridgehead atoms. The van der Waals surface area contributed by atoms with Crippen LogP contribution in [0.25, 0.3) is 11.0 Å². The molecule has 3 aromatic rings. The van der Waals surface area contributed by atoms with Crippen molar-refractivity contribution in [1.82, 2.24) is 15.0 Å². The molecule has 0 amide bonds. The number of benzene rings is 1. The standard InChI is InChI=1S/C14H12BrN3/c15-11-4-5-12-13(8-11)18-14(17-12)6-3-10-2-1-7-16-9-10/h1-2,4-5,7-9H,3,6H2,(H,17,18). The monoisotopic (exact) mass is 301 g/mol.